The smallest absolute Gasteiger partial charge is 0.147 e. The maximum Gasteiger partial charge on any atom is 0.147 e. The van der Waals surface area contributed by atoms with E-state index in [1.807, 2.05) is 0 Å². The first-order chi connectivity index (χ1) is 5.99. The summed E-state index contributed by atoms with van der Waals surface area (Å²) in [4.78, 5) is 0. The van der Waals surface area contributed by atoms with E-state index in [4.69, 9.17) is 5.73 Å². The summed E-state index contributed by atoms with van der Waals surface area (Å²) in [5.74, 6) is 0.0890. The van der Waals surface area contributed by atoms with Crippen molar-refractivity contribution in [2.24, 2.45) is 5.73 Å². The molecule has 0 saturated heterocycles. The Morgan fingerprint density at radius 3 is 2.85 bits per heavy atom. The minimum Gasteiger partial charge on any atom is -0.323 e. The van der Waals surface area contributed by atoms with Crippen molar-refractivity contribution in [1.82, 2.24) is 8.75 Å². The van der Waals surface area contributed by atoms with Crippen LogP contribution in [0.15, 0.2) is 6.20 Å². The highest BCUT2D eigenvalue weighted by Crippen LogP contribution is 2.11. The molecule has 0 saturated carbocycles. The average Bonchev–Trinajstić information content (AvgIpc) is 2.50. The Kier molecular flexibility index (Phi) is 3.34. The Bertz CT molecular complexity index is 346. The summed E-state index contributed by atoms with van der Waals surface area (Å²) in [6, 6.07) is -0.325. The second-order valence-corrected chi connectivity index (χ2v) is 5.67. The molecule has 0 aliphatic heterocycles. The number of hydrogen-bond donors (Lipinski definition) is 1. The number of hydrogen-bond acceptors (Lipinski definition) is 6. The fourth-order valence-electron chi connectivity index (χ4n) is 0.824. The highest BCUT2D eigenvalue weighted by molar-refractivity contribution is 7.90. The van der Waals surface area contributed by atoms with E-state index < -0.39 is 9.84 Å². The second kappa shape index (κ2) is 4.12. The van der Waals surface area contributed by atoms with Gasteiger partial charge in [-0.2, -0.15) is 8.75 Å². The van der Waals surface area contributed by atoms with E-state index in [1.165, 1.54) is 6.26 Å². The quantitative estimate of drug-likeness (QED) is 0.771. The summed E-state index contributed by atoms with van der Waals surface area (Å²) in [7, 11) is -2.94. The normalized spacial score (nSPS) is 14.3. The predicted octanol–water partition coefficient (Wildman–Crippen LogP) is -0.0274. The van der Waals surface area contributed by atoms with Crippen LogP contribution in [0.3, 0.4) is 0 Å². The SMILES string of the molecule is CS(=O)(=O)CCC(N)c1cnsn1. The van der Waals surface area contributed by atoms with Gasteiger partial charge in [-0.05, 0) is 6.42 Å². The van der Waals surface area contributed by atoms with Crippen LogP contribution in [0.5, 0.6) is 0 Å². The van der Waals surface area contributed by atoms with E-state index >= 15 is 0 Å². The van der Waals surface area contributed by atoms with E-state index in [1.54, 1.807) is 6.20 Å². The predicted molar refractivity (Wildman–Crippen MR) is 51.2 cm³/mol. The van der Waals surface area contributed by atoms with Crippen LogP contribution in [-0.4, -0.2) is 29.2 Å². The van der Waals surface area contributed by atoms with Crippen molar-refractivity contribution in [2.45, 2.75) is 12.5 Å². The van der Waals surface area contributed by atoms with Crippen molar-refractivity contribution in [1.29, 1.82) is 0 Å². The first kappa shape index (κ1) is 10.6. The van der Waals surface area contributed by atoms with Gasteiger partial charge in [0.2, 0.25) is 0 Å². The van der Waals surface area contributed by atoms with Crippen molar-refractivity contribution in [3.8, 4) is 0 Å². The van der Waals surface area contributed by atoms with Crippen molar-refractivity contribution >= 4 is 21.6 Å². The second-order valence-electron chi connectivity index (χ2n) is 2.86. The fraction of sp³-hybridized carbons (Fsp3) is 0.667. The molecule has 0 amide bonds. The third-order valence-electron chi connectivity index (χ3n) is 1.56. The van der Waals surface area contributed by atoms with Crippen LogP contribution in [0.2, 0.25) is 0 Å². The maximum absolute atomic E-state index is 10.8. The van der Waals surface area contributed by atoms with Crippen LogP contribution < -0.4 is 5.73 Å². The van der Waals surface area contributed by atoms with E-state index in [-0.39, 0.29) is 11.8 Å². The lowest BCUT2D eigenvalue weighted by atomic mass is 10.2. The van der Waals surface area contributed by atoms with E-state index in [9.17, 15) is 8.42 Å². The molecule has 0 spiro atoms. The number of sulfone groups is 1. The molecule has 74 valence electrons. The van der Waals surface area contributed by atoms with E-state index in [2.05, 4.69) is 8.75 Å². The average molecular weight is 221 g/mol. The lowest BCUT2D eigenvalue weighted by molar-refractivity contribution is 0.590. The van der Waals surface area contributed by atoms with Crippen LogP contribution >= 0.6 is 11.7 Å². The number of aromatic nitrogens is 2. The Morgan fingerprint density at radius 1 is 1.69 bits per heavy atom. The topological polar surface area (TPSA) is 85.9 Å². The minimum atomic E-state index is -2.94. The van der Waals surface area contributed by atoms with Crippen LogP contribution in [-0.2, 0) is 9.84 Å². The summed E-state index contributed by atoms with van der Waals surface area (Å²) in [6.07, 6.45) is 3.15. The van der Waals surface area contributed by atoms with Gasteiger partial charge in [0.05, 0.1) is 35.4 Å². The molecule has 2 N–H and O–H groups in total. The highest BCUT2D eigenvalue weighted by Gasteiger charge is 2.11. The van der Waals surface area contributed by atoms with Gasteiger partial charge in [0.1, 0.15) is 9.84 Å². The summed E-state index contributed by atoms with van der Waals surface area (Å²) in [5.41, 5.74) is 6.35. The molecule has 1 atom stereocenters. The van der Waals surface area contributed by atoms with Gasteiger partial charge in [-0.1, -0.05) is 0 Å². The summed E-state index contributed by atoms with van der Waals surface area (Å²) < 4.78 is 29.3. The molecule has 0 fully saturated rings. The Balaban J connectivity index is 2.48. The molecule has 0 radical (unpaired) electrons. The van der Waals surface area contributed by atoms with Gasteiger partial charge in [0, 0.05) is 6.26 Å². The Labute approximate surface area is 81.2 Å². The van der Waals surface area contributed by atoms with Crippen molar-refractivity contribution < 1.29 is 8.42 Å². The van der Waals surface area contributed by atoms with Gasteiger partial charge in [-0.3, -0.25) is 0 Å². The zero-order valence-electron chi connectivity index (χ0n) is 7.17. The molecule has 0 aliphatic carbocycles. The fourth-order valence-corrected chi connectivity index (χ4v) is 1.99. The molecule has 1 aromatic heterocycles. The lowest BCUT2D eigenvalue weighted by Gasteiger charge is -2.05. The molecular formula is C6H11N3O2S2. The van der Waals surface area contributed by atoms with Crippen LogP contribution in [0.1, 0.15) is 18.2 Å². The molecule has 5 nitrogen and oxygen atoms in total. The summed E-state index contributed by atoms with van der Waals surface area (Å²) >= 11 is 1.07. The molecule has 0 bridgehead atoms. The zero-order chi connectivity index (χ0) is 9.90. The van der Waals surface area contributed by atoms with Gasteiger partial charge >= 0.3 is 0 Å². The lowest BCUT2D eigenvalue weighted by Crippen LogP contribution is -2.15. The van der Waals surface area contributed by atoms with Gasteiger partial charge in [-0.15, -0.1) is 0 Å². The highest BCUT2D eigenvalue weighted by atomic mass is 32.2. The van der Waals surface area contributed by atoms with Crippen molar-refractivity contribution in [3.63, 3.8) is 0 Å². The van der Waals surface area contributed by atoms with E-state index in [0.29, 0.717) is 12.1 Å². The molecule has 0 aliphatic rings. The van der Waals surface area contributed by atoms with Crippen molar-refractivity contribution in [3.05, 3.63) is 11.9 Å². The number of nitrogens with two attached hydrogens (primary N) is 1. The first-order valence-corrected chi connectivity index (χ1v) is 6.49. The van der Waals surface area contributed by atoms with Crippen LogP contribution in [0.4, 0.5) is 0 Å². The molecule has 1 unspecified atom stereocenters. The molecule has 1 aromatic rings. The number of nitrogens with zero attached hydrogens (tertiary/aromatic N) is 2. The van der Waals surface area contributed by atoms with E-state index in [0.717, 1.165) is 11.7 Å². The molecule has 1 rings (SSSR count). The third-order valence-corrected chi connectivity index (χ3v) is 3.03. The number of rotatable bonds is 4. The molecular weight excluding hydrogens is 210 g/mol. The van der Waals surface area contributed by atoms with Gasteiger partial charge < -0.3 is 5.73 Å². The maximum atomic E-state index is 10.8. The standard InChI is InChI=1S/C6H11N3O2S2/c1-13(10,11)3-2-5(7)6-4-8-12-9-6/h4-5H,2-3,7H2,1H3. The molecule has 7 heteroatoms. The largest absolute Gasteiger partial charge is 0.323 e. The first-order valence-electron chi connectivity index (χ1n) is 3.70. The Hall–Kier alpha value is -0.530. The monoisotopic (exact) mass is 221 g/mol. The Morgan fingerprint density at radius 2 is 2.38 bits per heavy atom. The van der Waals surface area contributed by atoms with Gasteiger partial charge in [0.25, 0.3) is 0 Å². The minimum absolute atomic E-state index is 0.0890. The summed E-state index contributed by atoms with van der Waals surface area (Å²) in [6.45, 7) is 0. The van der Waals surface area contributed by atoms with Crippen LogP contribution in [0.25, 0.3) is 0 Å². The summed E-state index contributed by atoms with van der Waals surface area (Å²) in [5, 5.41) is 0. The van der Waals surface area contributed by atoms with Crippen LogP contribution in [0, 0.1) is 0 Å². The van der Waals surface area contributed by atoms with Gasteiger partial charge in [0.15, 0.2) is 0 Å². The molecule has 13 heavy (non-hydrogen) atoms. The van der Waals surface area contributed by atoms with Gasteiger partial charge in [-0.25, -0.2) is 8.42 Å². The third kappa shape index (κ3) is 3.79. The van der Waals surface area contributed by atoms with Crippen molar-refractivity contribution in [2.75, 3.05) is 12.0 Å². The zero-order valence-corrected chi connectivity index (χ0v) is 8.81. The molecule has 1 heterocycles. The molecule has 0 aromatic carbocycles.